The molecule has 1 fully saturated rings. The smallest absolute Gasteiger partial charge is 0.273 e. The van der Waals surface area contributed by atoms with Crippen LogP contribution in [-0.4, -0.2) is 21.0 Å². The van der Waals surface area contributed by atoms with Crippen molar-refractivity contribution in [2.75, 3.05) is 6.54 Å². The molecule has 120 valence electrons. The van der Waals surface area contributed by atoms with Crippen molar-refractivity contribution in [1.82, 2.24) is 10.0 Å². The quantitative estimate of drug-likeness (QED) is 0.651. The van der Waals surface area contributed by atoms with Crippen LogP contribution in [0.3, 0.4) is 0 Å². The fraction of sp³-hybridized carbons (Fsp3) is 0.733. The maximum absolute atomic E-state index is 12.1. The highest BCUT2D eigenvalue weighted by Gasteiger charge is 2.22. The van der Waals surface area contributed by atoms with Gasteiger partial charge in [-0.3, -0.25) is 0 Å². The monoisotopic (exact) mass is 314 g/mol. The Bertz CT molecular complexity index is 533. The highest BCUT2D eigenvalue weighted by molar-refractivity contribution is 7.89. The number of furan rings is 1. The summed E-state index contributed by atoms with van der Waals surface area (Å²) >= 11 is 0. The highest BCUT2D eigenvalue weighted by Crippen LogP contribution is 2.20. The molecule has 0 unspecified atom stereocenters. The van der Waals surface area contributed by atoms with E-state index in [2.05, 4.69) is 23.9 Å². The second-order valence-corrected chi connectivity index (χ2v) is 7.86. The Balaban J connectivity index is 1.75. The van der Waals surface area contributed by atoms with E-state index >= 15 is 0 Å². The molecule has 0 bridgehead atoms. The van der Waals surface area contributed by atoms with Gasteiger partial charge in [-0.25, -0.2) is 13.1 Å². The molecule has 2 N–H and O–H groups in total. The lowest BCUT2D eigenvalue weighted by molar-refractivity contribution is 0.399. The number of sulfonamides is 1. The maximum Gasteiger partial charge on any atom is 0.273 e. The van der Waals surface area contributed by atoms with Gasteiger partial charge in [0.15, 0.2) is 0 Å². The summed E-state index contributed by atoms with van der Waals surface area (Å²) in [4.78, 5) is 0. The molecular formula is C15H26N2O3S. The summed E-state index contributed by atoms with van der Waals surface area (Å²) < 4.78 is 32.1. The van der Waals surface area contributed by atoms with Gasteiger partial charge < -0.3 is 9.73 Å². The molecule has 0 aliphatic heterocycles. The first kappa shape index (κ1) is 16.5. The third kappa shape index (κ3) is 5.80. The van der Waals surface area contributed by atoms with Crippen molar-refractivity contribution in [3.63, 3.8) is 0 Å². The summed E-state index contributed by atoms with van der Waals surface area (Å²) in [6, 6.07) is 3.83. The number of hydrogen-bond acceptors (Lipinski definition) is 4. The summed E-state index contributed by atoms with van der Waals surface area (Å²) in [5.74, 6) is 1.33. The SMILES string of the molecule is CC(C)CCCCNS(=O)(=O)c1ccc(CNC2CC2)o1. The van der Waals surface area contributed by atoms with Crippen molar-refractivity contribution in [3.05, 3.63) is 17.9 Å². The lowest BCUT2D eigenvalue weighted by Gasteiger charge is -2.06. The van der Waals surface area contributed by atoms with Crippen LogP contribution >= 0.6 is 0 Å². The Morgan fingerprint density at radius 2 is 2.05 bits per heavy atom. The van der Waals surface area contributed by atoms with E-state index in [9.17, 15) is 8.42 Å². The first-order valence-electron chi connectivity index (χ1n) is 7.79. The lowest BCUT2D eigenvalue weighted by Crippen LogP contribution is -2.24. The zero-order valence-electron chi connectivity index (χ0n) is 12.9. The zero-order chi connectivity index (χ0) is 15.3. The minimum Gasteiger partial charge on any atom is -0.447 e. The molecule has 1 heterocycles. The lowest BCUT2D eigenvalue weighted by atomic mass is 10.1. The molecule has 0 atom stereocenters. The molecule has 1 aliphatic carbocycles. The Labute approximate surface area is 127 Å². The van der Waals surface area contributed by atoms with Gasteiger partial charge in [0.1, 0.15) is 5.76 Å². The molecule has 1 saturated carbocycles. The van der Waals surface area contributed by atoms with E-state index < -0.39 is 10.0 Å². The molecule has 1 aromatic heterocycles. The minimum absolute atomic E-state index is 0.0129. The summed E-state index contributed by atoms with van der Waals surface area (Å²) in [6.07, 6.45) is 5.41. The third-order valence-corrected chi connectivity index (χ3v) is 4.88. The van der Waals surface area contributed by atoms with Gasteiger partial charge in [-0.2, -0.15) is 0 Å². The largest absolute Gasteiger partial charge is 0.447 e. The first-order chi connectivity index (χ1) is 9.97. The molecular weight excluding hydrogens is 288 g/mol. The Hall–Kier alpha value is -0.850. The number of rotatable bonds is 10. The van der Waals surface area contributed by atoms with Crippen molar-refractivity contribution in [2.24, 2.45) is 5.92 Å². The maximum atomic E-state index is 12.1. The molecule has 0 amide bonds. The topological polar surface area (TPSA) is 71.3 Å². The Morgan fingerprint density at radius 1 is 1.29 bits per heavy atom. The van der Waals surface area contributed by atoms with Crippen LogP contribution in [0, 0.1) is 5.92 Å². The van der Waals surface area contributed by atoms with Crippen LogP contribution in [0.25, 0.3) is 0 Å². The van der Waals surface area contributed by atoms with Gasteiger partial charge >= 0.3 is 0 Å². The van der Waals surface area contributed by atoms with Crippen LogP contribution in [0.5, 0.6) is 0 Å². The molecule has 0 saturated heterocycles. The summed E-state index contributed by atoms with van der Waals surface area (Å²) in [6.45, 7) is 5.40. The predicted molar refractivity (Wildman–Crippen MR) is 82.4 cm³/mol. The third-order valence-electron chi connectivity index (χ3n) is 3.54. The second-order valence-electron chi connectivity index (χ2n) is 6.16. The average Bonchev–Trinajstić information content (AvgIpc) is 3.11. The van der Waals surface area contributed by atoms with Crippen LogP contribution in [0.4, 0.5) is 0 Å². The van der Waals surface area contributed by atoms with Gasteiger partial charge in [0.2, 0.25) is 5.09 Å². The number of unbranched alkanes of at least 4 members (excludes halogenated alkanes) is 1. The highest BCUT2D eigenvalue weighted by atomic mass is 32.2. The summed E-state index contributed by atoms with van der Waals surface area (Å²) in [5.41, 5.74) is 0. The molecule has 21 heavy (non-hydrogen) atoms. The van der Waals surface area contributed by atoms with Crippen molar-refractivity contribution in [2.45, 2.75) is 63.6 Å². The molecule has 0 aromatic carbocycles. The van der Waals surface area contributed by atoms with E-state index in [0.29, 0.717) is 30.8 Å². The van der Waals surface area contributed by atoms with Gasteiger partial charge in [-0.15, -0.1) is 0 Å². The Kier molecular flexibility index (Phi) is 5.84. The van der Waals surface area contributed by atoms with E-state index in [1.54, 1.807) is 6.07 Å². The minimum atomic E-state index is -3.51. The van der Waals surface area contributed by atoms with Gasteiger partial charge in [-0.1, -0.05) is 26.7 Å². The summed E-state index contributed by atoms with van der Waals surface area (Å²) in [5, 5.41) is 3.31. The first-order valence-corrected chi connectivity index (χ1v) is 9.27. The van der Waals surface area contributed by atoms with Crippen molar-refractivity contribution in [3.8, 4) is 0 Å². The molecule has 2 rings (SSSR count). The molecule has 5 nitrogen and oxygen atoms in total. The fourth-order valence-electron chi connectivity index (χ4n) is 2.09. The standard InChI is InChI=1S/C15H26N2O3S/c1-12(2)5-3-4-10-17-21(18,19)15-9-8-14(20-15)11-16-13-6-7-13/h8-9,12-13,16-17H,3-7,10-11H2,1-2H3. The average molecular weight is 314 g/mol. The van der Waals surface area contributed by atoms with E-state index in [-0.39, 0.29) is 5.09 Å². The van der Waals surface area contributed by atoms with E-state index in [0.717, 1.165) is 19.3 Å². The second kappa shape index (κ2) is 7.42. The van der Waals surface area contributed by atoms with E-state index in [4.69, 9.17) is 4.42 Å². The van der Waals surface area contributed by atoms with Crippen LogP contribution in [0.2, 0.25) is 0 Å². The van der Waals surface area contributed by atoms with E-state index in [1.807, 2.05) is 0 Å². The molecule has 1 aliphatic rings. The van der Waals surface area contributed by atoms with E-state index in [1.165, 1.54) is 18.9 Å². The summed E-state index contributed by atoms with van der Waals surface area (Å²) in [7, 11) is -3.51. The zero-order valence-corrected chi connectivity index (χ0v) is 13.7. The van der Waals surface area contributed by atoms with Gasteiger partial charge in [0.25, 0.3) is 10.0 Å². The molecule has 6 heteroatoms. The van der Waals surface area contributed by atoms with Crippen LogP contribution in [0.15, 0.2) is 21.6 Å². The van der Waals surface area contributed by atoms with Crippen LogP contribution in [0.1, 0.15) is 51.7 Å². The number of hydrogen-bond donors (Lipinski definition) is 2. The molecule has 0 radical (unpaired) electrons. The van der Waals surface area contributed by atoms with Crippen molar-refractivity contribution >= 4 is 10.0 Å². The normalized spacial score (nSPS) is 15.8. The molecule has 0 spiro atoms. The van der Waals surface area contributed by atoms with Crippen LogP contribution < -0.4 is 10.0 Å². The van der Waals surface area contributed by atoms with Crippen molar-refractivity contribution in [1.29, 1.82) is 0 Å². The van der Waals surface area contributed by atoms with Gasteiger partial charge in [0.05, 0.1) is 6.54 Å². The van der Waals surface area contributed by atoms with Gasteiger partial charge in [-0.05, 0) is 37.3 Å². The fourth-order valence-corrected chi connectivity index (χ4v) is 3.10. The van der Waals surface area contributed by atoms with Crippen molar-refractivity contribution < 1.29 is 12.8 Å². The Morgan fingerprint density at radius 3 is 2.71 bits per heavy atom. The van der Waals surface area contributed by atoms with Crippen LogP contribution in [-0.2, 0) is 16.6 Å². The predicted octanol–water partition coefficient (Wildman–Crippen LogP) is 2.64. The molecule has 1 aromatic rings. The number of nitrogens with one attached hydrogen (secondary N) is 2. The van der Waals surface area contributed by atoms with Gasteiger partial charge in [0, 0.05) is 12.6 Å².